The fourth-order valence-corrected chi connectivity index (χ4v) is 3.60. The van der Waals surface area contributed by atoms with Crippen LogP contribution < -0.4 is 14.8 Å². The second-order valence-corrected chi connectivity index (χ2v) is 6.98. The lowest BCUT2D eigenvalue weighted by Crippen LogP contribution is -2.34. The molecule has 2 aliphatic heterocycles. The number of rotatable bonds is 2. The predicted molar refractivity (Wildman–Crippen MR) is 101 cm³/mol. The summed E-state index contributed by atoms with van der Waals surface area (Å²) in [6.45, 7) is 2.06. The van der Waals surface area contributed by atoms with E-state index < -0.39 is 0 Å². The normalized spacial score (nSPS) is 19.1. The number of likely N-dealkylation sites (tertiary alicyclic amines) is 1. The molecule has 0 unspecified atom stereocenters. The van der Waals surface area contributed by atoms with Crippen LogP contribution in [-0.4, -0.2) is 30.7 Å². The highest BCUT2D eigenvalue weighted by Crippen LogP contribution is 2.38. The van der Waals surface area contributed by atoms with Crippen LogP contribution in [0.15, 0.2) is 42.5 Å². The van der Waals surface area contributed by atoms with E-state index in [4.69, 9.17) is 21.1 Å². The van der Waals surface area contributed by atoms with Crippen LogP contribution in [0.1, 0.15) is 30.9 Å². The van der Waals surface area contributed by atoms with E-state index in [1.165, 1.54) is 0 Å². The van der Waals surface area contributed by atoms with Gasteiger partial charge in [-0.25, -0.2) is 4.79 Å². The van der Waals surface area contributed by atoms with Crippen molar-refractivity contribution in [3.8, 4) is 11.5 Å². The zero-order valence-electron chi connectivity index (χ0n) is 14.4. The average Bonchev–Trinajstić information content (AvgIpc) is 3.02. The molecule has 0 bridgehead atoms. The first kappa shape index (κ1) is 17.0. The Morgan fingerprint density at radius 1 is 1.04 bits per heavy atom. The van der Waals surface area contributed by atoms with Crippen molar-refractivity contribution in [3.63, 3.8) is 0 Å². The quantitative estimate of drug-likeness (QED) is 0.818. The number of benzene rings is 2. The summed E-state index contributed by atoms with van der Waals surface area (Å²) >= 11 is 5.90. The van der Waals surface area contributed by atoms with E-state index >= 15 is 0 Å². The van der Waals surface area contributed by atoms with Crippen molar-refractivity contribution < 1.29 is 14.3 Å². The lowest BCUT2D eigenvalue weighted by molar-refractivity contribution is 0.207. The van der Waals surface area contributed by atoms with Crippen LogP contribution in [0.3, 0.4) is 0 Å². The molecule has 0 spiro atoms. The number of amides is 2. The molecule has 0 saturated carbocycles. The second-order valence-electron chi connectivity index (χ2n) is 6.55. The number of carbonyl (C=O) groups is 1. The first-order valence-corrected chi connectivity index (χ1v) is 9.31. The second kappa shape index (κ2) is 7.46. The Balaban J connectivity index is 1.52. The van der Waals surface area contributed by atoms with Crippen molar-refractivity contribution in [1.82, 2.24) is 4.90 Å². The summed E-state index contributed by atoms with van der Waals surface area (Å²) in [6, 6.07) is 13.1. The van der Waals surface area contributed by atoms with Crippen molar-refractivity contribution in [2.75, 3.05) is 25.1 Å². The van der Waals surface area contributed by atoms with Crippen molar-refractivity contribution in [3.05, 3.63) is 53.1 Å². The molecule has 0 radical (unpaired) electrons. The standard InChI is InChI=1S/C20H21ClN2O3/c21-15-5-7-16(8-6-15)22-20(24)23-10-1-3-17(23)14-4-9-18-19(13-14)26-12-2-11-25-18/h4-9,13,17H,1-3,10-12H2,(H,22,24)/t17-/m0/s1. The van der Waals surface area contributed by atoms with E-state index in [2.05, 4.69) is 5.32 Å². The van der Waals surface area contributed by atoms with Crippen LogP contribution >= 0.6 is 11.6 Å². The fourth-order valence-electron chi connectivity index (χ4n) is 3.47. The van der Waals surface area contributed by atoms with E-state index in [0.717, 1.165) is 48.6 Å². The topological polar surface area (TPSA) is 50.8 Å². The van der Waals surface area contributed by atoms with Crippen molar-refractivity contribution >= 4 is 23.3 Å². The van der Waals surface area contributed by atoms with Gasteiger partial charge >= 0.3 is 6.03 Å². The van der Waals surface area contributed by atoms with E-state index in [9.17, 15) is 4.79 Å². The average molecular weight is 373 g/mol. The summed E-state index contributed by atoms with van der Waals surface area (Å²) in [7, 11) is 0. The van der Waals surface area contributed by atoms with Gasteiger partial charge in [-0.2, -0.15) is 0 Å². The van der Waals surface area contributed by atoms with Gasteiger partial charge in [-0.3, -0.25) is 0 Å². The Morgan fingerprint density at radius 3 is 2.62 bits per heavy atom. The highest BCUT2D eigenvalue weighted by molar-refractivity contribution is 6.30. The minimum absolute atomic E-state index is 0.0412. The van der Waals surface area contributed by atoms with Crippen LogP contribution in [0.5, 0.6) is 11.5 Å². The zero-order chi connectivity index (χ0) is 17.9. The van der Waals surface area contributed by atoms with Gasteiger partial charge in [-0.05, 0) is 54.8 Å². The summed E-state index contributed by atoms with van der Waals surface area (Å²) in [5.41, 5.74) is 1.82. The number of nitrogens with zero attached hydrogens (tertiary/aromatic N) is 1. The summed E-state index contributed by atoms with van der Waals surface area (Å²) in [5, 5.41) is 3.60. The molecular weight excluding hydrogens is 352 g/mol. The number of hydrogen-bond acceptors (Lipinski definition) is 3. The molecule has 1 N–H and O–H groups in total. The van der Waals surface area contributed by atoms with Gasteiger partial charge in [0.2, 0.25) is 0 Å². The van der Waals surface area contributed by atoms with Crippen molar-refractivity contribution in [2.24, 2.45) is 0 Å². The zero-order valence-corrected chi connectivity index (χ0v) is 15.2. The lowest BCUT2D eigenvalue weighted by atomic mass is 10.0. The fraction of sp³-hybridized carbons (Fsp3) is 0.350. The van der Waals surface area contributed by atoms with Crippen LogP contribution in [0.2, 0.25) is 5.02 Å². The smallest absolute Gasteiger partial charge is 0.322 e. The molecule has 2 amide bonds. The first-order valence-electron chi connectivity index (χ1n) is 8.93. The molecule has 4 rings (SSSR count). The van der Waals surface area contributed by atoms with E-state index in [0.29, 0.717) is 18.2 Å². The molecule has 2 aromatic carbocycles. The van der Waals surface area contributed by atoms with Crippen LogP contribution in [-0.2, 0) is 0 Å². The van der Waals surface area contributed by atoms with Crippen molar-refractivity contribution in [2.45, 2.75) is 25.3 Å². The van der Waals surface area contributed by atoms with Gasteiger partial charge in [-0.15, -0.1) is 0 Å². The molecule has 1 saturated heterocycles. The van der Waals surface area contributed by atoms with E-state index in [1.54, 1.807) is 24.3 Å². The molecular formula is C20H21ClN2O3. The highest BCUT2D eigenvalue weighted by atomic mass is 35.5. The first-order chi connectivity index (χ1) is 12.7. The largest absolute Gasteiger partial charge is 0.490 e. The Hall–Kier alpha value is -2.40. The SMILES string of the molecule is O=C(Nc1ccc(Cl)cc1)N1CCC[C@H]1c1ccc2c(c1)OCCCO2. The Morgan fingerprint density at radius 2 is 1.81 bits per heavy atom. The molecule has 1 atom stereocenters. The number of nitrogens with one attached hydrogen (secondary N) is 1. The summed E-state index contributed by atoms with van der Waals surface area (Å²) in [6.07, 6.45) is 2.80. The summed E-state index contributed by atoms with van der Waals surface area (Å²) < 4.78 is 11.5. The molecule has 136 valence electrons. The van der Waals surface area contributed by atoms with Gasteiger partial charge in [-0.1, -0.05) is 17.7 Å². The Bertz CT molecular complexity index is 794. The van der Waals surface area contributed by atoms with Gasteiger partial charge in [0, 0.05) is 23.7 Å². The monoisotopic (exact) mass is 372 g/mol. The third kappa shape index (κ3) is 3.58. The maximum atomic E-state index is 12.8. The van der Waals surface area contributed by atoms with Gasteiger partial charge in [0.1, 0.15) is 0 Å². The van der Waals surface area contributed by atoms with Crippen LogP contribution in [0.4, 0.5) is 10.5 Å². The third-order valence-corrected chi connectivity index (χ3v) is 5.02. The van der Waals surface area contributed by atoms with E-state index in [1.807, 2.05) is 23.1 Å². The number of hydrogen-bond donors (Lipinski definition) is 1. The van der Waals surface area contributed by atoms with Crippen LogP contribution in [0.25, 0.3) is 0 Å². The summed E-state index contributed by atoms with van der Waals surface area (Å²) in [4.78, 5) is 14.6. The predicted octanol–water partition coefficient (Wildman–Crippen LogP) is 4.87. The minimum atomic E-state index is -0.0954. The molecule has 0 aliphatic carbocycles. The van der Waals surface area contributed by atoms with Gasteiger partial charge in [0.15, 0.2) is 11.5 Å². The molecule has 0 aromatic heterocycles. The number of urea groups is 1. The van der Waals surface area contributed by atoms with Crippen molar-refractivity contribution in [1.29, 1.82) is 0 Å². The number of carbonyl (C=O) groups excluding carboxylic acids is 1. The molecule has 2 aliphatic rings. The van der Waals surface area contributed by atoms with Gasteiger partial charge in [0.25, 0.3) is 0 Å². The third-order valence-electron chi connectivity index (χ3n) is 4.77. The van der Waals surface area contributed by atoms with E-state index in [-0.39, 0.29) is 12.1 Å². The Kier molecular flexibility index (Phi) is 4.89. The molecule has 6 heteroatoms. The number of ether oxygens (including phenoxy) is 2. The molecule has 1 fully saturated rings. The lowest BCUT2D eigenvalue weighted by Gasteiger charge is -2.26. The summed E-state index contributed by atoms with van der Waals surface area (Å²) in [5.74, 6) is 1.55. The maximum Gasteiger partial charge on any atom is 0.322 e. The molecule has 5 nitrogen and oxygen atoms in total. The molecule has 26 heavy (non-hydrogen) atoms. The maximum absolute atomic E-state index is 12.8. The van der Waals surface area contributed by atoms with Gasteiger partial charge < -0.3 is 19.7 Å². The van der Waals surface area contributed by atoms with Gasteiger partial charge in [0.05, 0.1) is 19.3 Å². The number of anilines is 1. The minimum Gasteiger partial charge on any atom is -0.490 e. The molecule has 2 heterocycles. The Labute approximate surface area is 157 Å². The molecule has 2 aromatic rings. The number of halogens is 1. The van der Waals surface area contributed by atoms with Crippen LogP contribution in [0, 0.1) is 0 Å². The highest BCUT2D eigenvalue weighted by Gasteiger charge is 2.30. The number of fused-ring (bicyclic) bond motifs is 1.